The molecule has 3 aromatic rings. The molecule has 0 unspecified atom stereocenters. The Hall–Kier alpha value is -3.12. The Bertz CT molecular complexity index is 934. The van der Waals surface area contributed by atoms with Gasteiger partial charge in [0, 0.05) is 5.69 Å². The summed E-state index contributed by atoms with van der Waals surface area (Å²) in [6.07, 6.45) is 1.47. The highest BCUT2D eigenvalue weighted by molar-refractivity contribution is 6.32. The number of hydrogen-bond acceptors (Lipinski definition) is 4. The van der Waals surface area contributed by atoms with Crippen molar-refractivity contribution in [3.8, 4) is 5.69 Å². The lowest BCUT2D eigenvalue weighted by Gasteiger charge is -2.03. The van der Waals surface area contributed by atoms with Gasteiger partial charge in [-0.05, 0) is 31.2 Å². The number of rotatable bonds is 4. The average molecular weight is 354 g/mol. The fourth-order valence-corrected chi connectivity index (χ4v) is 2.64. The number of hydrogen-bond donors (Lipinski definition) is 2. The van der Waals surface area contributed by atoms with Crippen LogP contribution < -0.4 is 11.2 Å². The number of carbonyl (C=O) groups is 1. The van der Waals surface area contributed by atoms with Crippen LogP contribution in [0.1, 0.15) is 21.6 Å². The predicted octanol–water partition coefficient (Wildman–Crippen LogP) is 3.18. The van der Waals surface area contributed by atoms with Gasteiger partial charge in [0.1, 0.15) is 5.15 Å². The molecule has 7 heteroatoms. The lowest BCUT2D eigenvalue weighted by atomic mass is 10.2. The van der Waals surface area contributed by atoms with Crippen LogP contribution in [0.3, 0.4) is 0 Å². The Morgan fingerprint density at radius 3 is 2.60 bits per heavy atom. The number of nitrogens with zero attached hydrogens (tertiary/aromatic N) is 3. The van der Waals surface area contributed by atoms with E-state index in [9.17, 15) is 4.79 Å². The SMILES string of the molecule is Cc1nn(-c2ccccc2)c(Cl)c1/C=N/NC(=O)c1ccccc1N. The second-order valence-corrected chi connectivity index (χ2v) is 5.68. The summed E-state index contributed by atoms with van der Waals surface area (Å²) in [6.45, 7) is 1.82. The largest absolute Gasteiger partial charge is 0.398 e. The monoisotopic (exact) mass is 353 g/mol. The van der Waals surface area contributed by atoms with Crippen molar-refractivity contribution in [3.63, 3.8) is 0 Å². The van der Waals surface area contributed by atoms with Crippen molar-refractivity contribution in [1.29, 1.82) is 0 Å². The van der Waals surface area contributed by atoms with Crippen molar-refractivity contribution in [2.45, 2.75) is 6.92 Å². The number of amides is 1. The summed E-state index contributed by atoms with van der Waals surface area (Å²) in [6, 6.07) is 16.3. The molecular formula is C18H16ClN5O. The van der Waals surface area contributed by atoms with Crippen LogP contribution in [0.4, 0.5) is 5.69 Å². The molecule has 0 aliphatic rings. The van der Waals surface area contributed by atoms with Gasteiger partial charge in [0.15, 0.2) is 0 Å². The van der Waals surface area contributed by atoms with Gasteiger partial charge in [-0.25, -0.2) is 10.1 Å². The van der Waals surface area contributed by atoms with Gasteiger partial charge in [-0.3, -0.25) is 4.79 Å². The summed E-state index contributed by atoms with van der Waals surface area (Å²) in [7, 11) is 0. The van der Waals surface area contributed by atoms with Crippen LogP contribution in [0, 0.1) is 6.92 Å². The number of para-hydroxylation sites is 2. The Labute approximate surface area is 149 Å². The minimum absolute atomic E-state index is 0.363. The zero-order valence-corrected chi connectivity index (χ0v) is 14.2. The third-order valence-electron chi connectivity index (χ3n) is 3.61. The predicted molar refractivity (Wildman–Crippen MR) is 99.2 cm³/mol. The third kappa shape index (κ3) is 3.54. The molecule has 0 radical (unpaired) electrons. The van der Waals surface area contributed by atoms with Crippen LogP contribution >= 0.6 is 11.6 Å². The number of aromatic nitrogens is 2. The molecule has 2 aromatic carbocycles. The lowest BCUT2D eigenvalue weighted by molar-refractivity contribution is 0.0956. The topological polar surface area (TPSA) is 85.3 Å². The molecule has 1 amide bonds. The smallest absolute Gasteiger partial charge is 0.273 e. The van der Waals surface area contributed by atoms with E-state index in [1.165, 1.54) is 6.21 Å². The number of aryl methyl sites for hydroxylation is 1. The molecule has 3 N–H and O–H groups in total. The number of carbonyl (C=O) groups excluding carboxylic acids is 1. The maximum Gasteiger partial charge on any atom is 0.273 e. The molecular weight excluding hydrogens is 338 g/mol. The molecule has 0 aliphatic heterocycles. The summed E-state index contributed by atoms with van der Waals surface area (Å²) >= 11 is 6.40. The van der Waals surface area contributed by atoms with Crippen LogP contribution in [0.15, 0.2) is 59.7 Å². The van der Waals surface area contributed by atoms with Gasteiger partial charge in [0.2, 0.25) is 0 Å². The first-order chi connectivity index (χ1) is 12.1. The molecule has 0 saturated carbocycles. The van der Waals surface area contributed by atoms with Crippen molar-refractivity contribution < 1.29 is 4.79 Å². The van der Waals surface area contributed by atoms with E-state index in [2.05, 4.69) is 15.6 Å². The van der Waals surface area contributed by atoms with Gasteiger partial charge in [0.25, 0.3) is 5.91 Å². The number of nitrogens with one attached hydrogen (secondary N) is 1. The van der Waals surface area contributed by atoms with E-state index >= 15 is 0 Å². The summed E-state index contributed by atoms with van der Waals surface area (Å²) in [5.74, 6) is -0.390. The van der Waals surface area contributed by atoms with Crippen LogP contribution in [0.2, 0.25) is 5.15 Å². The van der Waals surface area contributed by atoms with E-state index in [1.807, 2.05) is 37.3 Å². The van der Waals surface area contributed by atoms with Gasteiger partial charge in [-0.1, -0.05) is 41.9 Å². The maximum atomic E-state index is 12.1. The highest BCUT2D eigenvalue weighted by Gasteiger charge is 2.13. The molecule has 0 atom stereocenters. The number of benzene rings is 2. The van der Waals surface area contributed by atoms with Crippen molar-refractivity contribution in [3.05, 3.63) is 76.6 Å². The number of nitrogens with two attached hydrogens (primary N) is 1. The molecule has 25 heavy (non-hydrogen) atoms. The summed E-state index contributed by atoms with van der Waals surface area (Å²) in [4.78, 5) is 12.1. The Balaban J connectivity index is 1.80. The number of halogens is 1. The highest BCUT2D eigenvalue weighted by Crippen LogP contribution is 2.21. The van der Waals surface area contributed by atoms with E-state index in [0.29, 0.717) is 27.7 Å². The van der Waals surface area contributed by atoms with Crippen molar-refractivity contribution in [2.24, 2.45) is 5.10 Å². The standard InChI is InChI=1S/C18H16ClN5O/c1-12-15(17(19)24(23-12)13-7-3-2-4-8-13)11-21-22-18(25)14-9-5-6-10-16(14)20/h2-11H,20H2,1H3,(H,22,25)/b21-11+. The number of nitrogen functional groups attached to an aromatic ring is 1. The fourth-order valence-electron chi connectivity index (χ4n) is 2.32. The first-order valence-corrected chi connectivity index (χ1v) is 7.94. The normalized spacial score (nSPS) is 11.0. The highest BCUT2D eigenvalue weighted by atomic mass is 35.5. The summed E-state index contributed by atoms with van der Waals surface area (Å²) in [5, 5.41) is 8.80. The Morgan fingerprint density at radius 2 is 1.88 bits per heavy atom. The maximum absolute atomic E-state index is 12.1. The van der Waals surface area contributed by atoms with E-state index in [0.717, 1.165) is 5.69 Å². The molecule has 0 saturated heterocycles. The van der Waals surface area contributed by atoms with E-state index in [-0.39, 0.29) is 0 Å². The summed E-state index contributed by atoms with van der Waals surface area (Å²) < 4.78 is 1.62. The molecule has 1 heterocycles. The minimum atomic E-state index is -0.390. The minimum Gasteiger partial charge on any atom is -0.398 e. The first-order valence-electron chi connectivity index (χ1n) is 7.56. The number of anilines is 1. The van der Waals surface area contributed by atoms with E-state index < -0.39 is 5.91 Å². The third-order valence-corrected chi connectivity index (χ3v) is 3.98. The lowest BCUT2D eigenvalue weighted by Crippen LogP contribution is -2.19. The molecule has 126 valence electrons. The molecule has 0 fully saturated rings. The molecule has 6 nitrogen and oxygen atoms in total. The zero-order valence-electron chi connectivity index (χ0n) is 13.5. The van der Waals surface area contributed by atoms with Gasteiger partial charge in [0.05, 0.1) is 28.7 Å². The zero-order chi connectivity index (χ0) is 17.8. The second-order valence-electron chi connectivity index (χ2n) is 5.32. The Kier molecular flexibility index (Phi) is 4.81. The van der Waals surface area contributed by atoms with Crippen LogP contribution in [0.25, 0.3) is 5.69 Å². The number of hydrazone groups is 1. The van der Waals surface area contributed by atoms with Crippen LogP contribution in [-0.4, -0.2) is 21.9 Å². The van der Waals surface area contributed by atoms with Crippen LogP contribution in [-0.2, 0) is 0 Å². The summed E-state index contributed by atoms with van der Waals surface area (Å²) in [5.41, 5.74) is 11.1. The van der Waals surface area contributed by atoms with Crippen molar-refractivity contribution in [2.75, 3.05) is 5.73 Å². The Morgan fingerprint density at radius 1 is 1.20 bits per heavy atom. The van der Waals surface area contributed by atoms with Crippen molar-refractivity contribution >= 4 is 29.4 Å². The molecule has 0 bridgehead atoms. The molecule has 0 spiro atoms. The van der Waals surface area contributed by atoms with Crippen molar-refractivity contribution in [1.82, 2.24) is 15.2 Å². The van der Waals surface area contributed by atoms with Gasteiger partial charge >= 0.3 is 0 Å². The molecule has 3 rings (SSSR count). The molecule has 1 aromatic heterocycles. The first kappa shape index (κ1) is 16.7. The second kappa shape index (κ2) is 7.19. The van der Waals surface area contributed by atoms with Gasteiger partial charge in [-0.15, -0.1) is 0 Å². The average Bonchev–Trinajstić information content (AvgIpc) is 2.91. The van der Waals surface area contributed by atoms with E-state index in [4.69, 9.17) is 17.3 Å². The molecule has 0 aliphatic carbocycles. The van der Waals surface area contributed by atoms with Gasteiger partial charge < -0.3 is 5.73 Å². The quantitative estimate of drug-likeness (QED) is 0.429. The van der Waals surface area contributed by atoms with Gasteiger partial charge in [-0.2, -0.15) is 10.2 Å². The van der Waals surface area contributed by atoms with E-state index in [1.54, 1.807) is 28.9 Å². The fraction of sp³-hybridized carbons (Fsp3) is 0.0556. The van der Waals surface area contributed by atoms with Crippen LogP contribution in [0.5, 0.6) is 0 Å².